The van der Waals surface area contributed by atoms with Crippen LogP contribution in [0.5, 0.6) is 0 Å². The maximum Gasteiger partial charge on any atom is 0.339 e. The molecule has 0 fully saturated rings. The van der Waals surface area contributed by atoms with E-state index in [0.29, 0.717) is 10.5 Å². The van der Waals surface area contributed by atoms with Crippen LogP contribution in [0.25, 0.3) is 0 Å². The highest BCUT2D eigenvalue weighted by Crippen LogP contribution is 2.20. The molecule has 7 heteroatoms. The molecule has 0 unspecified atom stereocenters. The third-order valence-corrected chi connectivity index (χ3v) is 7.26. The lowest BCUT2D eigenvalue weighted by Crippen LogP contribution is -2.13. The van der Waals surface area contributed by atoms with Gasteiger partial charge in [0.25, 0.3) is 0 Å². The van der Waals surface area contributed by atoms with Crippen LogP contribution >= 0.6 is 11.3 Å². The molecular formula is C21H23NO4S2. The van der Waals surface area contributed by atoms with Crippen molar-refractivity contribution < 1.29 is 17.9 Å². The molecular weight excluding hydrogens is 394 g/mol. The summed E-state index contributed by atoms with van der Waals surface area (Å²) in [6.07, 6.45) is 0.261. The van der Waals surface area contributed by atoms with Crippen LogP contribution < -0.4 is 0 Å². The lowest BCUT2D eigenvalue weighted by atomic mass is 10.2. The van der Waals surface area contributed by atoms with Crippen molar-refractivity contribution in [1.29, 1.82) is 0 Å². The summed E-state index contributed by atoms with van der Waals surface area (Å²) in [7, 11) is -3.36. The molecule has 28 heavy (non-hydrogen) atoms. The number of hydrogen-bond acceptors (Lipinski definition) is 5. The predicted octanol–water partition coefficient (Wildman–Crippen LogP) is 4.24. The molecule has 0 N–H and O–H groups in total. The Labute approximate surface area is 169 Å². The minimum Gasteiger partial charge on any atom is -0.462 e. The third kappa shape index (κ3) is 4.72. The third-order valence-electron chi connectivity index (χ3n) is 4.58. The van der Waals surface area contributed by atoms with Gasteiger partial charge in [-0.05, 0) is 49.9 Å². The molecule has 2 aromatic heterocycles. The molecule has 1 aromatic carbocycles. The van der Waals surface area contributed by atoms with E-state index in [2.05, 4.69) is 10.6 Å². The van der Waals surface area contributed by atoms with E-state index in [-0.39, 0.29) is 18.8 Å². The lowest BCUT2D eigenvalue weighted by molar-refractivity contribution is 0.0504. The van der Waals surface area contributed by atoms with Gasteiger partial charge in [0.15, 0.2) is 9.84 Å². The number of aryl methyl sites for hydroxylation is 1. The van der Waals surface area contributed by atoms with Gasteiger partial charge in [-0.3, -0.25) is 0 Å². The molecule has 0 saturated carbocycles. The largest absolute Gasteiger partial charge is 0.462 e. The van der Waals surface area contributed by atoms with Crippen molar-refractivity contribution in [1.82, 2.24) is 4.57 Å². The molecule has 0 radical (unpaired) electrons. The van der Waals surface area contributed by atoms with Crippen LogP contribution in [0.4, 0.5) is 0 Å². The average molecular weight is 418 g/mol. The smallest absolute Gasteiger partial charge is 0.339 e. The predicted molar refractivity (Wildman–Crippen MR) is 111 cm³/mol. The van der Waals surface area contributed by atoms with E-state index in [1.165, 1.54) is 4.88 Å². The summed E-state index contributed by atoms with van der Waals surface area (Å²) >= 11 is 1.68. The van der Waals surface area contributed by atoms with Crippen LogP contribution in [0.15, 0.2) is 58.8 Å². The van der Waals surface area contributed by atoms with Crippen LogP contribution in [0.1, 0.15) is 33.0 Å². The molecule has 0 aliphatic heterocycles. The topological polar surface area (TPSA) is 65.4 Å². The average Bonchev–Trinajstić information content (AvgIpc) is 3.29. The van der Waals surface area contributed by atoms with Gasteiger partial charge in [0, 0.05) is 16.3 Å². The number of benzene rings is 1. The fourth-order valence-corrected chi connectivity index (χ4v) is 5.04. The molecule has 0 bridgehead atoms. The zero-order chi connectivity index (χ0) is 20.1. The number of carbonyl (C=O) groups is 1. The quantitative estimate of drug-likeness (QED) is 0.406. The Kier molecular flexibility index (Phi) is 6.36. The molecule has 0 atom stereocenters. The maximum atomic E-state index is 12.4. The first-order valence-electron chi connectivity index (χ1n) is 9.02. The maximum absolute atomic E-state index is 12.4. The number of thiophene rings is 1. The Morgan fingerprint density at radius 3 is 2.54 bits per heavy atom. The number of hydrogen-bond donors (Lipinski definition) is 0. The standard InChI is InChI=1S/C21H23NO4S2/c1-16-14-20(17(2)22(16)15-18-8-6-12-27-18)21(23)26-11-7-13-28(24,25)19-9-4-3-5-10-19/h3-6,8-10,12,14H,7,11,13,15H2,1-2H3. The number of aromatic nitrogens is 1. The molecule has 2 heterocycles. The highest BCUT2D eigenvalue weighted by atomic mass is 32.2. The summed E-state index contributed by atoms with van der Waals surface area (Å²) in [5, 5.41) is 2.03. The second-order valence-electron chi connectivity index (χ2n) is 6.57. The van der Waals surface area contributed by atoms with Gasteiger partial charge in [0.1, 0.15) is 0 Å². The first-order valence-corrected chi connectivity index (χ1v) is 11.6. The van der Waals surface area contributed by atoms with Crippen LogP contribution in [0, 0.1) is 13.8 Å². The van der Waals surface area contributed by atoms with Gasteiger partial charge in [-0.2, -0.15) is 0 Å². The highest BCUT2D eigenvalue weighted by molar-refractivity contribution is 7.91. The van der Waals surface area contributed by atoms with Gasteiger partial charge in [-0.25, -0.2) is 13.2 Å². The zero-order valence-electron chi connectivity index (χ0n) is 15.9. The monoisotopic (exact) mass is 417 g/mol. The summed E-state index contributed by atoms with van der Waals surface area (Å²) in [5.41, 5.74) is 2.37. The molecule has 3 rings (SSSR count). The van der Waals surface area contributed by atoms with Crippen molar-refractivity contribution in [3.8, 4) is 0 Å². The molecule has 0 spiro atoms. The van der Waals surface area contributed by atoms with Gasteiger partial charge in [0.2, 0.25) is 0 Å². The van der Waals surface area contributed by atoms with E-state index < -0.39 is 15.8 Å². The van der Waals surface area contributed by atoms with Crippen LogP contribution in [0.3, 0.4) is 0 Å². The van der Waals surface area contributed by atoms with E-state index in [0.717, 1.165) is 17.9 Å². The summed E-state index contributed by atoms with van der Waals surface area (Å²) in [6, 6.07) is 14.2. The molecule has 0 aliphatic carbocycles. The van der Waals surface area contributed by atoms with Gasteiger partial charge < -0.3 is 9.30 Å². The Morgan fingerprint density at radius 1 is 1.11 bits per heavy atom. The van der Waals surface area contributed by atoms with Gasteiger partial charge in [-0.1, -0.05) is 24.3 Å². The summed E-state index contributed by atoms with van der Waals surface area (Å²) < 4.78 is 31.9. The van der Waals surface area contributed by atoms with Crippen molar-refractivity contribution in [3.05, 3.63) is 75.7 Å². The Bertz CT molecular complexity index is 1040. The second kappa shape index (κ2) is 8.75. The second-order valence-corrected chi connectivity index (χ2v) is 9.71. The normalized spacial score (nSPS) is 11.5. The van der Waals surface area contributed by atoms with Crippen molar-refractivity contribution in [3.63, 3.8) is 0 Å². The number of sulfone groups is 1. The number of carbonyl (C=O) groups excluding carboxylic acids is 1. The van der Waals surface area contributed by atoms with E-state index in [1.54, 1.807) is 41.7 Å². The minimum atomic E-state index is -3.36. The van der Waals surface area contributed by atoms with Crippen LogP contribution in [0.2, 0.25) is 0 Å². The Hall–Kier alpha value is -2.38. The van der Waals surface area contributed by atoms with Crippen molar-refractivity contribution in [2.24, 2.45) is 0 Å². The molecule has 5 nitrogen and oxygen atoms in total. The summed E-state index contributed by atoms with van der Waals surface area (Å²) in [4.78, 5) is 14.0. The first-order chi connectivity index (χ1) is 13.4. The lowest BCUT2D eigenvalue weighted by Gasteiger charge is -2.09. The molecule has 3 aromatic rings. The number of rotatable bonds is 8. The number of ether oxygens (including phenoxy) is 1. The molecule has 0 amide bonds. The van der Waals surface area contributed by atoms with Crippen LogP contribution in [-0.2, 0) is 21.1 Å². The fourth-order valence-electron chi connectivity index (χ4n) is 3.05. The molecule has 148 valence electrons. The van der Waals surface area contributed by atoms with Crippen LogP contribution in [-0.4, -0.2) is 31.3 Å². The van der Waals surface area contributed by atoms with Crippen molar-refractivity contribution in [2.75, 3.05) is 12.4 Å². The summed E-state index contributed by atoms with van der Waals surface area (Å²) in [5.74, 6) is -0.468. The fraction of sp³-hybridized carbons (Fsp3) is 0.286. The SMILES string of the molecule is Cc1cc(C(=O)OCCCS(=O)(=O)c2ccccc2)c(C)n1Cc1cccs1. The van der Waals surface area contributed by atoms with Crippen molar-refractivity contribution >= 4 is 27.1 Å². The van der Waals surface area contributed by atoms with Gasteiger partial charge in [-0.15, -0.1) is 11.3 Å². The highest BCUT2D eigenvalue weighted by Gasteiger charge is 2.18. The molecule has 0 saturated heterocycles. The van der Waals surface area contributed by atoms with E-state index >= 15 is 0 Å². The molecule has 0 aliphatic rings. The number of nitrogens with zero attached hydrogens (tertiary/aromatic N) is 1. The Balaban J connectivity index is 1.57. The van der Waals surface area contributed by atoms with Crippen molar-refractivity contribution in [2.45, 2.75) is 31.7 Å². The first kappa shape index (κ1) is 20.4. The summed E-state index contributed by atoms with van der Waals surface area (Å²) in [6.45, 7) is 4.65. The van der Waals surface area contributed by atoms with E-state index in [4.69, 9.17) is 4.74 Å². The van der Waals surface area contributed by atoms with E-state index in [1.807, 2.05) is 31.4 Å². The number of esters is 1. The van der Waals surface area contributed by atoms with E-state index in [9.17, 15) is 13.2 Å². The van der Waals surface area contributed by atoms with Gasteiger partial charge >= 0.3 is 5.97 Å². The minimum absolute atomic E-state index is 0.0539. The van der Waals surface area contributed by atoms with Gasteiger partial charge in [0.05, 0.1) is 29.4 Å². The zero-order valence-corrected chi connectivity index (χ0v) is 17.6. The Morgan fingerprint density at radius 2 is 1.86 bits per heavy atom.